The van der Waals surface area contributed by atoms with Gasteiger partial charge in [-0.15, -0.1) is 0 Å². The molecular weight excluding hydrogens is 476 g/mol. The number of amides is 1. The highest BCUT2D eigenvalue weighted by atomic mass is 79.9. The van der Waals surface area contributed by atoms with Crippen LogP contribution >= 0.6 is 15.9 Å². The number of nitrogens with one attached hydrogen (secondary N) is 1. The number of carbonyl (C=O) groups excluding carboxylic acids is 1. The zero-order chi connectivity index (χ0) is 22.9. The van der Waals surface area contributed by atoms with Crippen LogP contribution < -0.4 is 24.4 Å². The number of methoxy groups -OCH3 is 3. The van der Waals surface area contributed by atoms with Crippen LogP contribution in [0.5, 0.6) is 23.0 Å². The molecule has 0 atom stereocenters. The molecule has 7 nitrogen and oxygen atoms in total. The van der Waals surface area contributed by atoms with Gasteiger partial charge in [-0.2, -0.15) is 5.10 Å². The minimum absolute atomic E-state index is 0.372. The van der Waals surface area contributed by atoms with Gasteiger partial charge in [-0.25, -0.2) is 5.43 Å². The van der Waals surface area contributed by atoms with Crippen molar-refractivity contribution in [3.8, 4) is 23.0 Å². The zero-order valence-electron chi connectivity index (χ0n) is 17.9. The molecule has 0 aliphatic rings. The maximum absolute atomic E-state index is 12.4. The van der Waals surface area contributed by atoms with Crippen LogP contribution in [-0.2, 0) is 6.61 Å². The van der Waals surface area contributed by atoms with E-state index < -0.39 is 0 Å². The lowest BCUT2D eigenvalue weighted by molar-refractivity contribution is 0.0954. The number of hydrogen-bond acceptors (Lipinski definition) is 6. The minimum Gasteiger partial charge on any atom is -0.493 e. The third-order valence-corrected chi connectivity index (χ3v) is 5.05. The lowest BCUT2D eigenvalue weighted by atomic mass is 10.2. The van der Waals surface area contributed by atoms with Crippen molar-refractivity contribution in [2.24, 2.45) is 5.10 Å². The van der Waals surface area contributed by atoms with E-state index in [0.29, 0.717) is 35.2 Å². The predicted octanol–water partition coefficient (Wildman–Crippen LogP) is 4.82. The van der Waals surface area contributed by atoms with Crippen molar-refractivity contribution in [3.63, 3.8) is 0 Å². The Kier molecular flexibility index (Phi) is 8.10. The smallest absolute Gasteiger partial charge is 0.271 e. The molecule has 0 saturated carbocycles. The second-order valence-electron chi connectivity index (χ2n) is 6.59. The van der Waals surface area contributed by atoms with Gasteiger partial charge in [0.1, 0.15) is 6.61 Å². The molecule has 0 aliphatic carbocycles. The SMILES string of the molecule is COc1ccc(C(=O)N/N=C/c2ccc(OCc3ccc(Br)cc3)c(OC)c2)cc1OC. The summed E-state index contributed by atoms with van der Waals surface area (Å²) in [4.78, 5) is 12.4. The molecule has 3 aromatic rings. The van der Waals surface area contributed by atoms with Crippen molar-refractivity contribution in [1.29, 1.82) is 0 Å². The largest absolute Gasteiger partial charge is 0.493 e. The third-order valence-electron chi connectivity index (χ3n) is 4.52. The van der Waals surface area contributed by atoms with Crippen molar-refractivity contribution in [2.45, 2.75) is 6.61 Å². The molecule has 166 valence electrons. The van der Waals surface area contributed by atoms with E-state index in [9.17, 15) is 4.79 Å². The number of rotatable bonds is 9. The van der Waals surface area contributed by atoms with E-state index >= 15 is 0 Å². The average molecular weight is 499 g/mol. The molecule has 0 spiro atoms. The van der Waals surface area contributed by atoms with Crippen LogP contribution in [0.1, 0.15) is 21.5 Å². The van der Waals surface area contributed by atoms with Gasteiger partial charge in [0.05, 0.1) is 27.5 Å². The second-order valence-corrected chi connectivity index (χ2v) is 7.51. The van der Waals surface area contributed by atoms with Gasteiger partial charge in [-0.3, -0.25) is 4.79 Å². The van der Waals surface area contributed by atoms with E-state index in [1.807, 2.05) is 30.3 Å². The maximum atomic E-state index is 12.4. The molecule has 0 fully saturated rings. The topological polar surface area (TPSA) is 78.4 Å². The first kappa shape index (κ1) is 23.1. The fourth-order valence-corrected chi connectivity index (χ4v) is 3.10. The summed E-state index contributed by atoms with van der Waals surface area (Å²) in [6.45, 7) is 0.415. The van der Waals surface area contributed by atoms with Crippen LogP contribution in [0.15, 0.2) is 70.2 Å². The predicted molar refractivity (Wildman–Crippen MR) is 126 cm³/mol. The molecule has 0 saturated heterocycles. The summed E-state index contributed by atoms with van der Waals surface area (Å²) in [7, 11) is 4.62. The second kappa shape index (κ2) is 11.2. The first-order valence-electron chi connectivity index (χ1n) is 9.64. The molecule has 3 rings (SSSR count). The molecule has 0 heterocycles. The van der Waals surface area contributed by atoms with Crippen molar-refractivity contribution < 1.29 is 23.7 Å². The van der Waals surface area contributed by atoms with Gasteiger partial charge >= 0.3 is 0 Å². The van der Waals surface area contributed by atoms with Crippen molar-refractivity contribution >= 4 is 28.1 Å². The van der Waals surface area contributed by atoms with Crippen molar-refractivity contribution in [1.82, 2.24) is 5.43 Å². The van der Waals surface area contributed by atoms with Gasteiger partial charge < -0.3 is 18.9 Å². The van der Waals surface area contributed by atoms with E-state index in [2.05, 4.69) is 26.5 Å². The zero-order valence-corrected chi connectivity index (χ0v) is 19.5. The van der Waals surface area contributed by atoms with Gasteiger partial charge in [0, 0.05) is 10.0 Å². The van der Waals surface area contributed by atoms with E-state index in [0.717, 1.165) is 15.6 Å². The summed E-state index contributed by atoms with van der Waals surface area (Å²) in [6, 6.07) is 18.2. The van der Waals surface area contributed by atoms with Gasteiger partial charge in [0.2, 0.25) is 0 Å². The number of hydrogen-bond donors (Lipinski definition) is 1. The van der Waals surface area contributed by atoms with Crippen LogP contribution in [0.3, 0.4) is 0 Å². The molecule has 0 radical (unpaired) electrons. The standard InChI is InChI=1S/C24H23BrN2O5/c1-29-20-11-7-18(13-23(20)31-3)24(28)27-26-14-17-6-10-21(22(12-17)30-2)32-15-16-4-8-19(25)9-5-16/h4-14H,15H2,1-3H3,(H,27,28)/b26-14+. The van der Waals surface area contributed by atoms with Crippen molar-refractivity contribution in [3.05, 3.63) is 81.8 Å². The first-order chi connectivity index (χ1) is 15.5. The Hall–Kier alpha value is -3.52. The van der Waals surface area contributed by atoms with Crippen LogP contribution in [-0.4, -0.2) is 33.5 Å². The van der Waals surface area contributed by atoms with E-state index in [1.165, 1.54) is 20.4 Å². The molecule has 0 bridgehead atoms. The van der Waals surface area contributed by atoms with E-state index in [-0.39, 0.29) is 5.91 Å². The van der Waals surface area contributed by atoms with Crippen LogP contribution in [0, 0.1) is 0 Å². The fraction of sp³-hybridized carbons (Fsp3) is 0.167. The number of nitrogens with zero attached hydrogens (tertiary/aromatic N) is 1. The highest BCUT2D eigenvalue weighted by molar-refractivity contribution is 9.10. The van der Waals surface area contributed by atoms with Gasteiger partial charge in [0.25, 0.3) is 5.91 Å². The highest BCUT2D eigenvalue weighted by Crippen LogP contribution is 2.29. The Bertz CT molecular complexity index is 1100. The van der Waals surface area contributed by atoms with Crippen LogP contribution in [0.2, 0.25) is 0 Å². The Labute approximate surface area is 195 Å². The summed E-state index contributed by atoms with van der Waals surface area (Å²) >= 11 is 3.42. The number of hydrazone groups is 1. The molecule has 0 unspecified atom stereocenters. The Morgan fingerprint density at radius 3 is 2.22 bits per heavy atom. The quantitative estimate of drug-likeness (QED) is 0.338. The maximum Gasteiger partial charge on any atom is 0.271 e. The summed E-state index contributed by atoms with van der Waals surface area (Å²) in [5.41, 5.74) is 4.68. The lowest BCUT2D eigenvalue weighted by Crippen LogP contribution is -2.17. The van der Waals surface area contributed by atoms with Gasteiger partial charge in [-0.05, 0) is 59.7 Å². The van der Waals surface area contributed by atoms with Gasteiger partial charge in [-0.1, -0.05) is 28.1 Å². The van der Waals surface area contributed by atoms with Crippen LogP contribution in [0.4, 0.5) is 0 Å². The third kappa shape index (κ3) is 6.01. The summed E-state index contributed by atoms with van der Waals surface area (Å²) in [5.74, 6) is 1.82. The molecular formula is C24H23BrN2O5. The lowest BCUT2D eigenvalue weighted by Gasteiger charge is -2.11. The summed E-state index contributed by atoms with van der Waals surface area (Å²) < 4.78 is 22.7. The Morgan fingerprint density at radius 1 is 0.875 bits per heavy atom. The summed E-state index contributed by atoms with van der Waals surface area (Å²) in [5, 5.41) is 4.03. The van der Waals surface area contributed by atoms with Gasteiger partial charge in [0.15, 0.2) is 23.0 Å². The number of ether oxygens (including phenoxy) is 4. The molecule has 0 aliphatic heterocycles. The van der Waals surface area contributed by atoms with Crippen LogP contribution in [0.25, 0.3) is 0 Å². The molecule has 1 N–H and O–H groups in total. The Balaban J connectivity index is 1.63. The monoisotopic (exact) mass is 498 g/mol. The van der Waals surface area contributed by atoms with E-state index in [4.69, 9.17) is 18.9 Å². The molecule has 1 amide bonds. The fourth-order valence-electron chi connectivity index (χ4n) is 2.83. The average Bonchev–Trinajstić information content (AvgIpc) is 2.83. The minimum atomic E-state index is -0.372. The Morgan fingerprint density at radius 2 is 1.53 bits per heavy atom. The molecule has 32 heavy (non-hydrogen) atoms. The molecule has 0 aromatic heterocycles. The highest BCUT2D eigenvalue weighted by Gasteiger charge is 2.10. The molecule has 8 heteroatoms. The number of benzene rings is 3. The number of carbonyl (C=O) groups is 1. The molecule has 3 aromatic carbocycles. The number of halogens is 1. The van der Waals surface area contributed by atoms with E-state index in [1.54, 1.807) is 37.4 Å². The van der Waals surface area contributed by atoms with Crippen molar-refractivity contribution in [2.75, 3.05) is 21.3 Å². The first-order valence-corrected chi connectivity index (χ1v) is 10.4. The summed E-state index contributed by atoms with van der Waals surface area (Å²) in [6.07, 6.45) is 1.53. The normalized spacial score (nSPS) is 10.6.